The summed E-state index contributed by atoms with van der Waals surface area (Å²) in [6.07, 6.45) is 1.06. The molecule has 1 aromatic carbocycles. The number of nitrogen functional groups attached to an aromatic ring is 1. The van der Waals surface area contributed by atoms with Crippen molar-refractivity contribution in [1.82, 2.24) is 20.2 Å². The summed E-state index contributed by atoms with van der Waals surface area (Å²) in [5.41, 5.74) is 7.45. The van der Waals surface area contributed by atoms with Crippen molar-refractivity contribution in [2.45, 2.75) is 13.0 Å². The van der Waals surface area contributed by atoms with Gasteiger partial charge in [0.1, 0.15) is 0 Å². The molecule has 0 aliphatic carbocycles. The molecule has 1 unspecified atom stereocenters. The Morgan fingerprint density at radius 3 is 3.05 bits per heavy atom. The standard InChI is InChI=1S/C12H14BrN5O/c13-10-3-9(4-11(14)5-10)12-15-16-17-18(12)6-8-1-2-19-7-8/h3-5,8H,1-2,6-7,14H2. The molecule has 2 aromatic rings. The van der Waals surface area contributed by atoms with E-state index in [1.807, 2.05) is 22.9 Å². The second-order valence-electron chi connectivity index (χ2n) is 4.69. The highest BCUT2D eigenvalue weighted by molar-refractivity contribution is 9.10. The lowest BCUT2D eigenvalue weighted by Crippen LogP contribution is -2.13. The monoisotopic (exact) mass is 323 g/mol. The summed E-state index contributed by atoms with van der Waals surface area (Å²) in [6, 6.07) is 5.68. The predicted octanol–water partition coefficient (Wildman–Crippen LogP) is 1.72. The Morgan fingerprint density at radius 1 is 1.42 bits per heavy atom. The van der Waals surface area contributed by atoms with Gasteiger partial charge in [0.05, 0.1) is 13.2 Å². The van der Waals surface area contributed by atoms with Crippen molar-refractivity contribution in [3.05, 3.63) is 22.7 Å². The summed E-state index contributed by atoms with van der Waals surface area (Å²) >= 11 is 3.43. The zero-order chi connectivity index (χ0) is 13.2. The molecule has 0 radical (unpaired) electrons. The summed E-state index contributed by atoms with van der Waals surface area (Å²) in [5, 5.41) is 11.9. The highest BCUT2D eigenvalue weighted by Crippen LogP contribution is 2.25. The minimum Gasteiger partial charge on any atom is -0.399 e. The molecular formula is C12H14BrN5O. The minimum atomic E-state index is 0.478. The first-order valence-corrected chi connectivity index (χ1v) is 6.92. The third kappa shape index (κ3) is 2.76. The van der Waals surface area contributed by atoms with Crippen molar-refractivity contribution in [2.75, 3.05) is 18.9 Å². The van der Waals surface area contributed by atoms with Gasteiger partial charge in [-0.25, -0.2) is 4.68 Å². The molecule has 100 valence electrons. The van der Waals surface area contributed by atoms with Crippen molar-refractivity contribution in [3.8, 4) is 11.4 Å². The van der Waals surface area contributed by atoms with Gasteiger partial charge in [0.15, 0.2) is 5.82 Å². The molecule has 0 amide bonds. The Morgan fingerprint density at radius 2 is 2.32 bits per heavy atom. The number of halogens is 1. The van der Waals surface area contributed by atoms with E-state index in [0.29, 0.717) is 11.6 Å². The van der Waals surface area contributed by atoms with Crippen LogP contribution in [0.25, 0.3) is 11.4 Å². The highest BCUT2D eigenvalue weighted by Gasteiger charge is 2.19. The van der Waals surface area contributed by atoms with Crippen LogP contribution in [-0.4, -0.2) is 33.4 Å². The molecule has 0 saturated carbocycles. The Balaban J connectivity index is 1.90. The number of benzene rings is 1. The van der Waals surface area contributed by atoms with Gasteiger partial charge in [-0.15, -0.1) is 5.10 Å². The lowest BCUT2D eigenvalue weighted by molar-refractivity contribution is 0.181. The fourth-order valence-electron chi connectivity index (χ4n) is 2.25. The van der Waals surface area contributed by atoms with E-state index in [2.05, 4.69) is 31.5 Å². The van der Waals surface area contributed by atoms with Crippen molar-refractivity contribution >= 4 is 21.6 Å². The van der Waals surface area contributed by atoms with E-state index >= 15 is 0 Å². The van der Waals surface area contributed by atoms with Gasteiger partial charge in [-0.3, -0.25) is 0 Å². The first kappa shape index (κ1) is 12.6. The average molecular weight is 324 g/mol. The molecule has 2 N–H and O–H groups in total. The Bertz CT molecular complexity index is 559. The second-order valence-corrected chi connectivity index (χ2v) is 5.60. The molecule has 1 fully saturated rings. The number of ether oxygens (including phenoxy) is 1. The molecule has 6 nitrogen and oxygen atoms in total. The minimum absolute atomic E-state index is 0.478. The normalized spacial score (nSPS) is 18.9. The van der Waals surface area contributed by atoms with E-state index < -0.39 is 0 Å². The number of hydrogen-bond donors (Lipinski definition) is 1. The van der Waals surface area contributed by atoms with Crippen LogP contribution in [0.5, 0.6) is 0 Å². The van der Waals surface area contributed by atoms with E-state index in [1.165, 1.54) is 0 Å². The Labute approximate surface area is 119 Å². The first-order chi connectivity index (χ1) is 9.22. The highest BCUT2D eigenvalue weighted by atomic mass is 79.9. The average Bonchev–Trinajstić information content (AvgIpc) is 2.99. The van der Waals surface area contributed by atoms with Crippen molar-refractivity contribution in [3.63, 3.8) is 0 Å². The molecule has 2 heterocycles. The van der Waals surface area contributed by atoms with Crippen LogP contribution in [0.2, 0.25) is 0 Å². The van der Waals surface area contributed by atoms with E-state index in [-0.39, 0.29) is 0 Å². The fourth-order valence-corrected chi connectivity index (χ4v) is 2.76. The summed E-state index contributed by atoms with van der Waals surface area (Å²) in [6.45, 7) is 2.38. The lowest BCUT2D eigenvalue weighted by atomic mass is 10.1. The topological polar surface area (TPSA) is 78.9 Å². The molecule has 1 atom stereocenters. The van der Waals surface area contributed by atoms with Crippen LogP contribution < -0.4 is 5.73 Å². The van der Waals surface area contributed by atoms with E-state index in [4.69, 9.17) is 10.5 Å². The smallest absolute Gasteiger partial charge is 0.182 e. The molecule has 7 heteroatoms. The molecule has 1 aromatic heterocycles. The maximum absolute atomic E-state index is 5.85. The summed E-state index contributed by atoms with van der Waals surface area (Å²) < 4.78 is 8.12. The van der Waals surface area contributed by atoms with Gasteiger partial charge in [-0.1, -0.05) is 15.9 Å². The number of nitrogens with zero attached hydrogens (tertiary/aromatic N) is 4. The molecule has 19 heavy (non-hydrogen) atoms. The van der Waals surface area contributed by atoms with Gasteiger partial charge >= 0.3 is 0 Å². The quantitative estimate of drug-likeness (QED) is 0.870. The number of tetrazole rings is 1. The third-order valence-corrected chi connectivity index (χ3v) is 3.62. The molecule has 1 aliphatic heterocycles. The second kappa shape index (κ2) is 5.26. The number of rotatable bonds is 3. The fraction of sp³-hybridized carbons (Fsp3) is 0.417. The van der Waals surface area contributed by atoms with Gasteiger partial charge in [0.25, 0.3) is 0 Å². The Hall–Kier alpha value is -1.47. The van der Waals surface area contributed by atoms with Crippen LogP contribution in [0, 0.1) is 5.92 Å². The van der Waals surface area contributed by atoms with E-state index in [0.717, 1.165) is 42.0 Å². The van der Waals surface area contributed by atoms with E-state index in [1.54, 1.807) is 0 Å². The number of aromatic nitrogens is 4. The third-order valence-electron chi connectivity index (χ3n) is 3.17. The molecule has 3 rings (SSSR count). The van der Waals surface area contributed by atoms with Gasteiger partial charge in [0, 0.05) is 28.2 Å². The first-order valence-electron chi connectivity index (χ1n) is 6.13. The molecule has 1 saturated heterocycles. The van der Waals surface area contributed by atoms with Crippen LogP contribution in [-0.2, 0) is 11.3 Å². The van der Waals surface area contributed by atoms with E-state index in [9.17, 15) is 0 Å². The van der Waals surface area contributed by atoms with Crippen molar-refractivity contribution in [2.24, 2.45) is 5.92 Å². The van der Waals surface area contributed by atoms with Crippen LogP contribution in [0.1, 0.15) is 6.42 Å². The van der Waals surface area contributed by atoms with Crippen molar-refractivity contribution < 1.29 is 4.74 Å². The number of hydrogen-bond acceptors (Lipinski definition) is 5. The maximum atomic E-state index is 5.85. The summed E-state index contributed by atoms with van der Waals surface area (Å²) in [5.74, 6) is 1.21. The van der Waals surface area contributed by atoms with Gasteiger partial charge < -0.3 is 10.5 Å². The number of anilines is 1. The lowest BCUT2D eigenvalue weighted by Gasteiger charge is -2.09. The van der Waals surface area contributed by atoms with Crippen molar-refractivity contribution in [1.29, 1.82) is 0 Å². The Kier molecular flexibility index (Phi) is 3.48. The van der Waals surface area contributed by atoms with Gasteiger partial charge in [-0.05, 0) is 35.0 Å². The van der Waals surface area contributed by atoms with Crippen LogP contribution >= 0.6 is 15.9 Å². The van der Waals surface area contributed by atoms with Gasteiger partial charge in [0.2, 0.25) is 0 Å². The van der Waals surface area contributed by atoms with Crippen LogP contribution in [0.4, 0.5) is 5.69 Å². The van der Waals surface area contributed by atoms with Crippen LogP contribution in [0.3, 0.4) is 0 Å². The molecular weight excluding hydrogens is 310 g/mol. The molecule has 0 spiro atoms. The summed E-state index contributed by atoms with van der Waals surface area (Å²) in [4.78, 5) is 0. The zero-order valence-corrected chi connectivity index (χ0v) is 11.9. The van der Waals surface area contributed by atoms with Crippen LogP contribution in [0.15, 0.2) is 22.7 Å². The molecule has 1 aliphatic rings. The maximum Gasteiger partial charge on any atom is 0.182 e. The van der Waals surface area contributed by atoms with Gasteiger partial charge in [-0.2, -0.15) is 0 Å². The predicted molar refractivity (Wildman–Crippen MR) is 74.3 cm³/mol. The SMILES string of the molecule is Nc1cc(Br)cc(-c2nnnn2CC2CCOC2)c1. The largest absolute Gasteiger partial charge is 0.399 e. The zero-order valence-electron chi connectivity index (χ0n) is 10.3. The summed E-state index contributed by atoms with van der Waals surface area (Å²) in [7, 11) is 0. The number of nitrogens with two attached hydrogens (primary N) is 1. The molecule has 0 bridgehead atoms.